The molecule has 6 nitrogen and oxygen atoms in total. The highest BCUT2D eigenvalue weighted by Crippen LogP contribution is 2.28. The van der Waals surface area contributed by atoms with E-state index in [-0.39, 0.29) is 17.6 Å². The SMILES string of the molecule is CSc1ccc(-c2csc(NC(=O)C3CCCN3C(=O)c3ccco3)n2)cc1. The summed E-state index contributed by atoms with van der Waals surface area (Å²) in [6.07, 6.45) is 4.91. The van der Waals surface area contributed by atoms with Gasteiger partial charge in [-0.3, -0.25) is 9.59 Å². The normalized spacial score (nSPS) is 16.3. The molecule has 1 saturated heterocycles. The fourth-order valence-electron chi connectivity index (χ4n) is 3.24. The van der Waals surface area contributed by atoms with Crippen LogP contribution in [0, 0.1) is 0 Å². The molecule has 0 bridgehead atoms. The highest BCUT2D eigenvalue weighted by Gasteiger charge is 2.35. The Bertz CT molecular complexity index is 967. The van der Waals surface area contributed by atoms with E-state index in [9.17, 15) is 9.59 Å². The summed E-state index contributed by atoms with van der Waals surface area (Å²) in [5.41, 5.74) is 1.83. The summed E-state index contributed by atoms with van der Waals surface area (Å²) >= 11 is 3.07. The number of hydrogen-bond acceptors (Lipinski definition) is 6. The molecule has 1 aromatic carbocycles. The molecule has 3 heterocycles. The van der Waals surface area contributed by atoms with Crippen molar-refractivity contribution in [3.8, 4) is 11.3 Å². The summed E-state index contributed by atoms with van der Waals surface area (Å²) in [6.45, 7) is 0.544. The van der Waals surface area contributed by atoms with Gasteiger partial charge in [0.15, 0.2) is 10.9 Å². The van der Waals surface area contributed by atoms with Crippen molar-refractivity contribution in [1.82, 2.24) is 9.88 Å². The van der Waals surface area contributed by atoms with Gasteiger partial charge in [0.2, 0.25) is 5.91 Å². The third-order valence-electron chi connectivity index (χ3n) is 4.67. The first kappa shape index (κ1) is 18.8. The first-order valence-corrected chi connectivity index (χ1v) is 11.0. The average molecular weight is 414 g/mol. The van der Waals surface area contributed by atoms with Gasteiger partial charge >= 0.3 is 0 Å². The number of thiazole rings is 1. The van der Waals surface area contributed by atoms with Crippen LogP contribution in [0.15, 0.2) is 57.4 Å². The molecule has 1 atom stereocenters. The minimum atomic E-state index is -0.509. The number of likely N-dealkylation sites (tertiary alicyclic amines) is 1. The van der Waals surface area contributed by atoms with E-state index in [1.165, 1.54) is 22.5 Å². The fraction of sp³-hybridized carbons (Fsp3) is 0.250. The molecule has 0 saturated carbocycles. The molecule has 2 aromatic heterocycles. The van der Waals surface area contributed by atoms with E-state index in [0.29, 0.717) is 18.1 Å². The molecule has 8 heteroatoms. The Hall–Kier alpha value is -2.58. The molecule has 28 heavy (non-hydrogen) atoms. The number of anilines is 1. The largest absolute Gasteiger partial charge is 0.459 e. The Morgan fingerprint density at radius 1 is 1.29 bits per heavy atom. The lowest BCUT2D eigenvalue weighted by Crippen LogP contribution is -2.43. The van der Waals surface area contributed by atoms with E-state index in [2.05, 4.69) is 10.3 Å². The minimum absolute atomic E-state index is 0.212. The number of nitrogens with zero attached hydrogens (tertiary/aromatic N) is 2. The van der Waals surface area contributed by atoms with Crippen LogP contribution in [-0.4, -0.2) is 40.5 Å². The van der Waals surface area contributed by atoms with Crippen LogP contribution in [0.4, 0.5) is 5.13 Å². The Morgan fingerprint density at radius 2 is 2.11 bits per heavy atom. The van der Waals surface area contributed by atoms with Crippen LogP contribution in [0.1, 0.15) is 23.4 Å². The molecule has 1 aliphatic rings. The van der Waals surface area contributed by atoms with Gasteiger partial charge in [-0.1, -0.05) is 12.1 Å². The molecule has 1 N–H and O–H groups in total. The van der Waals surface area contributed by atoms with Crippen LogP contribution >= 0.6 is 23.1 Å². The summed E-state index contributed by atoms with van der Waals surface area (Å²) in [5, 5.41) is 5.32. The van der Waals surface area contributed by atoms with Crippen molar-refractivity contribution in [1.29, 1.82) is 0 Å². The van der Waals surface area contributed by atoms with Crippen molar-refractivity contribution >= 4 is 40.0 Å². The molecular formula is C20H19N3O3S2. The number of nitrogens with one attached hydrogen (secondary N) is 1. The smallest absolute Gasteiger partial charge is 0.290 e. The number of aromatic nitrogens is 1. The van der Waals surface area contributed by atoms with E-state index in [1.807, 2.05) is 35.9 Å². The summed E-state index contributed by atoms with van der Waals surface area (Å²) < 4.78 is 5.19. The molecule has 2 amide bonds. The van der Waals surface area contributed by atoms with Crippen molar-refractivity contribution in [3.05, 3.63) is 53.8 Å². The highest BCUT2D eigenvalue weighted by atomic mass is 32.2. The lowest BCUT2D eigenvalue weighted by molar-refractivity contribution is -0.119. The van der Waals surface area contributed by atoms with Gasteiger partial charge in [0.25, 0.3) is 5.91 Å². The maximum absolute atomic E-state index is 12.8. The number of benzene rings is 1. The topological polar surface area (TPSA) is 75.4 Å². The van der Waals surface area contributed by atoms with E-state index < -0.39 is 6.04 Å². The monoisotopic (exact) mass is 413 g/mol. The molecule has 1 fully saturated rings. The lowest BCUT2D eigenvalue weighted by Gasteiger charge is -2.22. The second kappa shape index (κ2) is 8.20. The van der Waals surface area contributed by atoms with Gasteiger partial charge in [-0.25, -0.2) is 4.98 Å². The second-order valence-electron chi connectivity index (χ2n) is 6.39. The van der Waals surface area contributed by atoms with Gasteiger partial charge in [-0.15, -0.1) is 23.1 Å². The van der Waals surface area contributed by atoms with Crippen molar-refractivity contribution in [2.24, 2.45) is 0 Å². The van der Waals surface area contributed by atoms with E-state index in [0.717, 1.165) is 17.7 Å². The predicted octanol–water partition coefficient (Wildman–Crippen LogP) is 4.37. The van der Waals surface area contributed by atoms with Crippen molar-refractivity contribution in [2.75, 3.05) is 18.1 Å². The summed E-state index contributed by atoms with van der Waals surface area (Å²) in [5.74, 6) is -0.211. The number of carbonyl (C=O) groups is 2. The Morgan fingerprint density at radius 3 is 2.82 bits per heavy atom. The summed E-state index contributed by atoms with van der Waals surface area (Å²) in [6, 6.07) is 10.9. The molecule has 1 aliphatic heterocycles. The van der Waals surface area contributed by atoms with E-state index >= 15 is 0 Å². The molecule has 1 unspecified atom stereocenters. The zero-order valence-corrected chi connectivity index (χ0v) is 16.9. The van der Waals surface area contributed by atoms with Gasteiger partial charge < -0.3 is 14.6 Å². The summed E-state index contributed by atoms with van der Waals surface area (Å²) in [7, 11) is 0. The zero-order chi connectivity index (χ0) is 19.5. The van der Waals surface area contributed by atoms with Crippen molar-refractivity contribution < 1.29 is 14.0 Å². The lowest BCUT2D eigenvalue weighted by atomic mass is 10.2. The quantitative estimate of drug-likeness (QED) is 0.629. The molecular weight excluding hydrogens is 394 g/mol. The zero-order valence-electron chi connectivity index (χ0n) is 15.3. The number of amides is 2. The number of carbonyl (C=O) groups excluding carboxylic acids is 2. The molecule has 0 spiro atoms. The molecule has 4 rings (SSSR count). The van der Waals surface area contributed by atoms with Crippen LogP contribution in [0.3, 0.4) is 0 Å². The minimum Gasteiger partial charge on any atom is -0.459 e. The number of rotatable bonds is 5. The van der Waals surface area contributed by atoms with Gasteiger partial charge in [0.1, 0.15) is 6.04 Å². The third-order valence-corrected chi connectivity index (χ3v) is 6.17. The number of furan rings is 1. The summed E-state index contributed by atoms with van der Waals surface area (Å²) in [4.78, 5) is 32.6. The molecule has 0 aliphatic carbocycles. The number of hydrogen-bond donors (Lipinski definition) is 1. The van der Waals surface area contributed by atoms with Crippen LogP contribution in [0.5, 0.6) is 0 Å². The maximum Gasteiger partial charge on any atom is 0.290 e. The Kier molecular flexibility index (Phi) is 5.50. The van der Waals surface area contributed by atoms with Crippen molar-refractivity contribution in [2.45, 2.75) is 23.8 Å². The highest BCUT2D eigenvalue weighted by molar-refractivity contribution is 7.98. The number of thioether (sulfide) groups is 1. The van der Waals surface area contributed by atoms with Crippen molar-refractivity contribution in [3.63, 3.8) is 0 Å². The average Bonchev–Trinajstić information content (AvgIpc) is 3.48. The van der Waals surface area contributed by atoms with Crippen LogP contribution in [-0.2, 0) is 4.79 Å². The maximum atomic E-state index is 12.8. The standard InChI is InChI=1S/C20H19N3O3S2/c1-27-14-8-6-13(7-9-14)15-12-28-20(21-15)22-18(24)16-4-2-10-23(16)19(25)17-5-3-11-26-17/h3,5-9,11-12,16H,2,4,10H2,1H3,(H,21,22,24). The van der Waals surface area contributed by atoms with Gasteiger partial charge in [-0.05, 0) is 43.4 Å². The van der Waals surface area contributed by atoms with Crippen LogP contribution in [0.2, 0.25) is 0 Å². The fourth-order valence-corrected chi connectivity index (χ4v) is 4.37. The predicted molar refractivity (Wildman–Crippen MR) is 111 cm³/mol. The third kappa shape index (κ3) is 3.83. The van der Waals surface area contributed by atoms with Crippen LogP contribution < -0.4 is 5.32 Å². The first-order chi connectivity index (χ1) is 13.7. The Labute approximate surface area is 171 Å². The van der Waals surface area contributed by atoms with E-state index in [4.69, 9.17) is 4.42 Å². The molecule has 144 valence electrons. The second-order valence-corrected chi connectivity index (χ2v) is 8.13. The Balaban J connectivity index is 1.44. The van der Waals surface area contributed by atoms with Crippen LogP contribution in [0.25, 0.3) is 11.3 Å². The van der Waals surface area contributed by atoms with Gasteiger partial charge in [0, 0.05) is 22.4 Å². The van der Waals surface area contributed by atoms with Gasteiger partial charge in [0.05, 0.1) is 12.0 Å². The molecule has 3 aromatic rings. The van der Waals surface area contributed by atoms with E-state index in [1.54, 1.807) is 28.8 Å². The molecule has 0 radical (unpaired) electrons. The first-order valence-electron chi connectivity index (χ1n) is 8.91. The van der Waals surface area contributed by atoms with Gasteiger partial charge in [-0.2, -0.15) is 0 Å².